The first kappa shape index (κ1) is 14.4. The van der Waals surface area contributed by atoms with E-state index >= 15 is 0 Å². The summed E-state index contributed by atoms with van der Waals surface area (Å²) in [6.07, 6.45) is 4.30. The predicted octanol–water partition coefficient (Wildman–Crippen LogP) is 4.54. The Balaban J connectivity index is 2.08. The molecular formula is C14H17ClN2OS. The van der Waals surface area contributed by atoms with Crippen molar-refractivity contribution in [2.24, 2.45) is 0 Å². The second kappa shape index (κ2) is 6.98. The van der Waals surface area contributed by atoms with Crippen molar-refractivity contribution in [2.45, 2.75) is 36.4 Å². The van der Waals surface area contributed by atoms with E-state index in [1.807, 2.05) is 12.1 Å². The lowest BCUT2D eigenvalue weighted by Crippen LogP contribution is -2.19. The van der Waals surface area contributed by atoms with Gasteiger partial charge in [-0.25, -0.2) is 4.98 Å². The number of nitrogens with one attached hydrogen (secondary N) is 1. The monoisotopic (exact) mass is 296 g/mol. The molecule has 2 rings (SSSR count). The Bertz CT molecular complexity index is 516. The maximum atomic E-state index is 6.31. The Morgan fingerprint density at radius 1 is 1.47 bits per heavy atom. The van der Waals surface area contributed by atoms with Crippen molar-refractivity contribution >= 4 is 23.4 Å². The number of aromatic nitrogens is 1. The molecule has 1 aromatic carbocycles. The molecule has 102 valence electrons. The molecule has 1 aromatic heterocycles. The third-order valence-corrected chi connectivity index (χ3v) is 4.14. The molecule has 1 atom stereocenters. The molecule has 0 saturated heterocycles. The highest BCUT2D eigenvalue weighted by molar-refractivity contribution is 7.99. The van der Waals surface area contributed by atoms with E-state index in [2.05, 4.69) is 30.2 Å². The van der Waals surface area contributed by atoms with Gasteiger partial charge in [0.2, 0.25) is 0 Å². The minimum absolute atomic E-state index is 0.304. The van der Waals surface area contributed by atoms with Gasteiger partial charge in [-0.05, 0) is 49.3 Å². The summed E-state index contributed by atoms with van der Waals surface area (Å²) in [7, 11) is 0. The molecule has 0 fully saturated rings. The summed E-state index contributed by atoms with van der Waals surface area (Å²) in [6, 6.07) is 6.40. The lowest BCUT2D eigenvalue weighted by Gasteiger charge is -2.14. The normalized spacial score (nSPS) is 12.6. The molecule has 1 unspecified atom stereocenters. The van der Waals surface area contributed by atoms with Gasteiger partial charge in [-0.2, -0.15) is 0 Å². The highest BCUT2D eigenvalue weighted by atomic mass is 35.5. The summed E-state index contributed by atoms with van der Waals surface area (Å²) in [5.41, 5.74) is 1.19. The smallest absolute Gasteiger partial charge is 0.260 e. The fraction of sp³-hybridized carbons (Fsp3) is 0.357. The molecule has 0 saturated carbocycles. The zero-order valence-corrected chi connectivity index (χ0v) is 12.6. The first-order chi connectivity index (χ1) is 9.20. The minimum atomic E-state index is 0.304. The number of hydrogen-bond acceptors (Lipinski definition) is 4. The maximum Gasteiger partial charge on any atom is 0.260 e. The van der Waals surface area contributed by atoms with E-state index in [1.54, 1.807) is 12.5 Å². The van der Waals surface area contributed by atoms with Crippen LogP contribution in [0, 0.1) is 0 Å². The second-order valence-corrected chi connectivity index (χ2v) is 5.67. The fourth-order valence-electron chi connectivity index (χ4n) is 1.70. The van der Waals surface area contributed by atoms with Crippen LogP contribution < -0.4 is 5.32 Å². The molecule has 19 heavy (non-hydrogen) atoms. The summed E-state index contributed by atoms with van der Waals surface area (Å²) in [5.74, 6) is 0. The van der Waals surface area contributed by atoms with Crippen molar-refractivity contribution in [3.63, 3.8) is 0 Å². The highest BCUT2D eigenvalue weighted by Crippen LogP contribution is 2.33. The molecule has 0 amide bonds. The van der Waals surface area contributed by atoms with Gasteiger partial charge in [-0.1, -0.05) is 24.6 Å². The van der Waals surface area contributed by atoms with E-state index in [1.165, 1.54) is 17.3 Å². The lowest BCUT2D eigenvalue weighted by atomic mass is 10.1. The van der Waals surface area contributed by atoms with Gasteiger partial charge < -0.3 is 9.73 Å². The number of oxazole rings is 1. The molecule has 0 aliphatic carbocycles. The summed E-state index contributed by atoms with van der Waals surface area (Å²) in [5, 5.41) is 4.78. The van der Waals surface area contributed by atoms with Crippen LogP contribution in [-0.2, 0) is 0 Å². The molecular weight excluding hydrogens is 280 g/mol. The highest BCUT2D eigenvalue weighted by Gasteiger charge is 2.10. The molecule has 2 aromatic rings. The molecule has 0 aliphatic heterocycles. The van der Waals surface area contributed by atoms with E-state index in [-0.39, 0.29) is 0 Å². The Morgan fingerprint density at radius 2 is 2.32 bits per heavy atom. The first-order valence-electron chi connectivity index (χ1n) is 6.31. The fourth-order valence-corrected chi connectivity index (χ4v) is 2.71. The second-order valence-electron chi connectivity index (χ2n) is 4.27. The van der Waals surface area contributed by atoms with Crippen molar-refractivity contribution in [1.29, 1.82) is 0 Å². The van der Waals surface area contributed by atoms with Crippen molar-refractivity contribution in [3.05, 3.63) is 41.2 Å². The van der Waals surface area contributed by atoms with E-state index < -0.39 is 0 Å². The van der Waals surface area contributed by atoms with Gasteiger partial charge in [0.15, 0.2) is 0 Å². The van der Waals surface area contributed by atoms with Crippen LogP contribution in [0.1, 0.15) is 31.9 Å². The van der Waals surface area contributed by atoms with Crippen molar-refractivity contribution in [1.82, 2.24) is 10.3 Å². The van der Waals surface area contributed by atoms with Crippen LogP contribution in [-0.4, -0.2) is 11.5 Å². The largest absolute Gasteiger partial charge is 0.440 e. The number of halogens is 1. The molecule has 1 N–H and O–H groups in total. The topological polar surface area (TPSA) is 38.1 Å². The van der Waals surface area contributed by atoms with E-state index in [9.17, 15) is 0 Å². The number of hydrogen-bond donors (Lipinski definition) is 1. The van der Waals surface area contributed by atoms with Crippen molar-refractivity contribution in [3.8, 4) is 0 Å². The SMILES string of the molecule is CCCNC(C)c1ccc(Sc2ncco2)c(Cl)c1. The average molecular weight is 297 g/mol. The van der Waals surface area contributed by atoms with Crippen LogP contribution in [0.25, 0.3) is 0 Å². The summed E-state index contributed by atoms with van der Waals surface area (Å²) >= 11 is 7.74. The van der Waals surface area contributed by atoms with Gasteiger partial charge in [0.05, 0.1) is 11.2 Å². The van der Waals surface area contributed by atoms with Gasteiger partial charge in [0, 0.05) is 10.9 Å². The summed E-state index contributed by atoms with van der Waals surface area (Å²) in [4.78, 5) is 5.03. The molecule has 3 nitrogen and oxygen atoms in total. The third-order valence-electron chi connectivity index (χ3n) is 2.76. The number of rotatable bonds is 6. The molecule has 0 radical (unpaired) electrons. The Hall–Kier alpha value is -0.970. The van der Waals surface area contributed by atoms with Crippen molar-refractivity contribution < 1.29 is 4.42 Å². The molecule has 0 spiro atoms. The van der Waals surface area contributed by atoms with Gasteiger partial charge >= 0.3 is 0 Å². The summed E-state index contributed by atoms with van der Waals surface area (Å²) < 4.78 is 5.20. The Kier molecular flexibility index (Phi) is 5.31. The Morgan fingerprint density at radius 3 is 2.95 bits per heavy atom. The molecule has 0 aliphatic rings. The zero-order valence-electron chi connectivity index (χ0n) is 11.0. The van der Waals surface area contributed by atoms with Gasteiger partial charge in [0.25, 0.3) is 5.22 Å². The lowest BCUT2D eigenvalue weighted by molar-refractivity contribution is 0.454. The summed E-state index contributed by atoms with van der Waals surface area (Å²) in [6.45, 7) is 5.30. The van der Waals surface area contributed by atoms with Gasteiger partial charge in [-0.15, -0.1) is 0 Å². The molecule has 0 bridgehead atoms. The first-order valence-corrected chi connectivity index (χ1v) is 7.50. The quantitative estimate of drug-likeness (QED) is 0.849. The van der Waals surface area contributed by atoms with Crippen LogP contribution >= 0.6 is 23.4 Å². The molecule has 1 heterocycles. The van der Waals surface area contributed by atoms with Crippen LogP contribution in [0.4, 0.5) is 0 Å². The standard InChI is InChI=1S/C14H17ClN2OS/c1-3-6-16-10(2)11-4-5-13(12(15)9-11)19-14-17-7-8-18-14/h4-5,7-10,16H,3,6H2,1-2H3. The van der Waals surface area contributed by atoms with Gasteiger partial charge in [0.1, 0.15) is 6.26 Å². The molecule has 5 heteroatoms. The predicted molar refractivity (Wildman–Crippen MR) is 78.8 cm³/mol. The van der Waals surface area contributed by atoms with Crippen LogP contribution in [0.2, 0.25) is 5.02 Å². The number of benzene rings is 1. The van der Waals surface area contributed by atoms with Crippen LogP contribution in [0.5, 0.6) is 0 Å². The minimum Gasteiger partial charge on any atom is -0.440 e. The van der Waals surface area contributed by atoms with E-state index in [4.69, 9.17) is 16.0 Å². The van der Waals surface area contributed by atoms with Crippen molar-refractivity contribution in [2.75, 3.05) is 6.54 Å². The number of nitrogens with zero attached hydrogens (tertiary/aromatic N) is 1. The van der Waals surface area contributed by atoms with E-state index in [0.29, 0.717) is 11.3 Å². The van der Waals surface area contributed by atoms with Crippen LogP contribution in [0.3, 0.4) is 0 Å². The van der Waals surface area contributed by atoms with Crippen LogP contribution in [0.15, 0.2) is 45.2 Å². The Labute approximate surface area is 122 Å². The van der Waals surface area contributed by atoms with E-state index in [0.717, 1.165) is 22.9 Å². The zero-order chi connectivity index (χ0) is 13.7. The third kappa shape index (κ3) is 4.00. The average Bonchev–Trinajstić information content (AvgIpc) is 2.91. The maximum absolute atomic E-state index is 6.31. The van der Waals surface area contributed by atoms with Gasteiger partial charge in [-0.3, -0.25) is 0 Å².